The van der Waals surface area contributed by atoms with Gasteiger partial charge < -0.3 is 21.3 Å². The van der Waals surface area contributed by atoms with E-state index in [2.05, 4.69) is 31.4 Å². The third-order valence-electron chi connectivity index (χ3n) is 7.53. The van der Waals surface area contributed by atoms with Crippen LogP contribution >= 0.6 is 0 Å². The summed E-state index contributed by atoms with van der Waals surface area (Å²) < 4.78 is 0. The largest absolute Gasteiger partial charge is 0.350 e. The number of nitrogens with zero attached hydrogens (tertiary/aromatic N) is 2. The average molecular weight is 520 g/mol. The Morgan fingerprint density at radius 1 is 0.921 bits per heavy atom. The second-order valence-corrected chi connectivity index (χ2v) is 11.7. The van der Waals surface area contributed by atoms with Crippen LogP contribution in [0.15, 0.2) is 48.5 Å². The highest BCUT2D eigenvalue weighted by atomic mass is 16.2. The first-order valence-electron chi connectivity index (χ1n) is 13.6. The summed E-state index contributed by atoms with van der Waals surface area (Å²) >= 11 is 0. The first-order chi connectivity index (χ1) is 18.0. The van der Waals surface area contributed by atoms with E-state index >= 15 is 0 Å². The van der Waals surface area contributed by atoms with Crippen LogP contribution in [0.25, 0.3) is 0 Å². The molecule has 2 fully saturated rings. The number of hydrogen-bond donors (Lipinski definition) is 3. The fourth-order valence-corrected chi connectivity index (χ4v) is 5.27. The lowest BCUT2D eigenvalue weighted by atomic mass is 9.86. The van der Waals surface area contributed by atoms with Crippen molar-refractivity contribution >= 4 is 23.5 Å². The first-order valence-corrected chi connectivity index (χ1v) is 13.6. The zero-order valence-electron chi connectivity index (χ0n) is 23.0. The van der Waals surface area contributed by atoms with Crippen LogP contribution in [0, 0.1) is 6.92 Å². The van der Waals surface area contributed by atoms with Gasteiger partial charge in [-0.25, -0.2) is 4.79 Å². The van der Waals surface area contributed by atoms with Crippen molar-refractivity contribution in [2.75, 3.05) is 18.4 Å². The SMILES string of the molecule is Cc1cccc(NC(=O)N2CCCN(C(=O)c3ccc(C(C)(C)C)cc3)C2C(=O)NC2CCC(N)CC2)c1. The molecule has 2 aromatic carbocycles. The smallest absolute Gasteiger partial charge is 0.323 e. The molecule has 2 aliphatic rings. The Hall–Kier alpha value is -3.39. The first kappa shape index (κ1) is 27.6. The monoisotopic (exact) mass is 519 g/mol. The number of amides is 4. The molecular weight excluding hydrogens is 478 g/mol. The Kier molecular flexibility index (Phi) is 8.41. The Morgan fingerprint density at radius 2 is 1.58 bits per heavy atom. The van der Waals surface area contributed by atoms with Crippen molar-refractivity contribution in [3.63, 3.8) is 0 Å². The molecule has 38 heavy (non-hydrogen) atoms. The minimum absolute atomic E-state index is 0.0195. The molecule has 1 aliphatic carbocycles. The van der Waals surface area contributed by atoms with Crippen LogP contribution in [0.4, 0.5) is 10.5 Å². The molecule has 4 N–H and O–H groups in total. The van der Waals surface area contributed by atoms with Gasteiger partial charge in [0.05, 0.1) is 0 Å². The van der Waals surface area contributed by atoms with Gasteiger partial charge in [-0.15, -0.1) is 0 Å². The lowest BCUT2D eigenvalue weighted by Crippen LogP contribution is -2.65. The van der Waals surface area contributed by atoms with Crippen LogP contribution in [0.2, 0.25) is 0 Å². The lowest BCUT2D eigenvalue weighted by Gasteiger charge is -2.43. The van der Waals surface area contributed by atoms with Gasteiger partial charge in [0.15, 0.2) is 6.17 Å². The molecule has 1 saturated heterocycles. The summed E-state index contributed by atoms with van der Waals surface area (Å²) in [6, 6.07) is 14.8. The van der Waals surface area contributed by atoms with Gasteiger partial charge in [-0.3, -0.25) is 14.5 Å². The summed E-state index contributed by atoms with van der Waals surface area (Å²) in [6.07, 6.45) is 2.80. The second-order valence-electron chi connectivity index (χ2n) is 11.7. The highest BCUT2D eigenvalue weighted by Gasteiger charge is 2.41. The Labute approximate surface area is 225 Å². The van der Waals surface area contributed by atoms with Crippen molar-refractivity contribution in [2.45, 2.75) is 83.5 Å². The third-order valence-corrected chi connectivity index (χ3v) is 7.53. The molecule has 204 valence electrons. The highest BCUT2D eigenvalue weighted by Crippen LogP contribution is 2.25. The number of carbonyl (C=O) groups is 3. The molecule has 0 aromatic heterocycles. The van der Waals surface area contributed by atoms with Crippen LogP contribution in [-0.4, -0.2) is 59.0 Å². The number of aryl methyl sites for hydroxylation is 1. The predicted molar refractivity (Wildman–Crippen MR) is 150 cm³/mol. The zero-order chi connectivity index (χ0) is 27.4. The fourth-order valence-electron chi connectivity index (χ4n) is 5.27. The van der Waals surface area contributed by atoms with Crippen molar-refractivity contribution < 1.29 is 14.4 Å². The molecule has 0 spiro atoms. The number of anilines is 1. The molecule has 8 heteroatoms. The van der Waals surface area contributed by atoms with Crippen molar-refractivity contribution in [1.29, 1.82) is 0 Å². The van der Waals surface area contributed by atoms with E-state index in [1.54, 1.807) is 0 Å². The minimum Gasteiger partial charge on any atom is -0.350 e. The van der Waals surface area contributed by atoms with E-state index < -0.39 is 12.2 Å². The average Bonchev–Trinajstić information content (AvgIpc) is 2.88. The quantitative estimate of drug-likeness (QED) is 0.557. The van der Waals surface area contributed by atoms with Crippen LogP contribution < -0.4 is 16.4 Å². The van der Waals surface area contributed by atoms with Gasteiger partial charge >= 0.3 is 6.03 Å². The number of nitrogens with one attached hydrogen (secondary N) is 2. The molecular formula is C30H41N5O3. The number of carbonyl (C=O) groups excluding carboxylic acids is 3. The number of urea groups is 1. The van der Waals surface area contributed by atoms with Gasteiger partial charge in [-0.2, -0.15) is 0 Å². The van der Waals surface area contributed by atoms with Gasteiger partial charge in [0.1, 0.15) is 0 Å². The van der Waals surface area contributed by atoms with E-state index in [1.807, 2.05) is 55.5 Å². The number of nitrogens with two attached hydrogens (primary N) is 1. The lowest BCUT2D eigenvalue weighted by molar-refractivity contribution is -0.133. The molecule has 1 heterocycles. The maximum absolute atomic E-state index is 13.8. The van der Waals surface area contributed by atoms with E-state index in [4.69, 9.17) is 5.73 Å². The van der Waals surface area contributed by atoms with E-state index in [0.717, 1.165) is 36.8 Å². The molecule has 8 nitrogen and oxygen atoms in total. The molecule has 4 amide bonds. The normalized spacial score (nSPS) is 22.1. The van der Waals surface area contributed by atoms with E-state index in [0.29, 0.717) is 30.8 Å². The zero-order valence-corrected chi connectivity index (χ0v) is 23.0. The topological polar surface area (TPSA) is 108 Å². The van der Waals surface area contributed by atoms with Crippen LogP contribution in [0.3, 0.4) is 0 Å². The Balaban J connectivity index is 1.59. The summed E-state index contributed by atoms with van der Waals surface area (Å²) in [5, 5.41) is 6.04. The van der Waals surface area contributed by atoms with Gasteiger partial charge in [-0.05, 0) is 79.8 Å². The Morgan fingerprint density at radius 3 is 2.21 bits per heavy atom. The summed E-state index contributed by atoms with van der Waals surface area (Å²) in [4.78, 5) is 44.0. The predicted octanol–water partition coefficient (Wildman–Crippen LogP) is 4.38. The van der Waals surface area contributed by atoms with Gasteiger partial charge in [-0.1, -0.05) is 45.0 Å². The van der Waals surface area contributed by atoms with Crippen LogP contribution in [0.1, 0.15) is 74.4 Å². The standard InChI is InChI=1S/C30H41N5O3/c1-20-7-5-8-25(19-20)33-29(38)35-18-6-17-34(27(35)26(36)32-24-15-13-23(31)14-16-24)28(37)21-9-11-22(12-10-21)30(2,3)4/h5,7-12,19,23-24,27H,6,13-18,31H2,1-4H3,(H,32,36)(H,33,38). The molecule has 2 aromatic rings. The van der Waals surface area contributed by atoms with E-state index in [9.17, 15) is 14.4 Å². The molecule has 0 radical (unpaired) electrons. The summed E-state index contributed by atoms with van der Waals surface area (Å²) in [6.45, 7) is 9.08. The molecule has 1 aliphatic heterocycles. The highest BCUT2D eigenvalue weighted by molar-refractivity contribution is 6.00. The van der Waals surface area contributed by atoms with Gasteiger partial charge in [0.25, 0.3) is 11.8 Å². The minimum atomic E-state index is -1.04. The summed E-state index contributed by atoms with van der Waals surface area (Å²) in [7, 11) is 0. The number of rotatable bonds is 4. The van der Waals surface area contributed by atoms with Gasteiger partial charge in [0.2, 0.25) is 0 Å². The van der Waals surface area contributed by atoms with Crippen molar-refractivity contribution in [3.05, 3.63) is 65.2 Å². The van der Waals surface area contributed by atoms with Crippen LogP contribution in [-0.2, 0) is 10.2 Å². The molecule has 4 rings (SSSR count). The van der Waals surface area contributed by atoms with Crippen LogP contribution in [0.5, 0.6) is 0 Å². The number of benzene rings is 2. The molecule has 0 bridgehead atoms. The summed E-state index contributed by atoms with van der Waals surface area (Å²) in [5.41, 5.74) is 9.30. The third kappa shape index (κ3) is 6.54. The van der Waals surface area contributed by atoms with E-state index in [1.165, 1.54) is 9.80 Å². The maximum Gasteiger partial charge on any atom is 0.323 e. The van der Waals surface area contributed by atoms with E-state index in [-0.39, 0.29) is 29.3 Å². The van der Waals surface area contributed by atoms with Crippen molar-refractivity contribution in [2.24, 2.45) is 5.73 Å². The fraction of sp³-hybridized carbons (Fsp3) is 0.500. The van der Waals surface area contributed by atoms with Gasteiger partial charge in [0, 0.05) is 36.4 Å². The summed E-state index contributed by atoms with van der Waals surface area (Å²) in [5.74, 6) is -0.589. The molecule has 1 atom stereocenters. The maximum atomic E-state index is 13.8. The Bertz CT molecular complexity index is 1150. The number of hydrogen-bond acceptors (Lipinski definition) is 4. The van der Waals surface area contributed by atoms with Crippen molar-refractivity contribution in [1.82, 2.24) is 15.1 Å². The molecule has 1 unspecified atom stereocenters. The second kappa shape index (κ2) is 11.6. The molecule has 1 saturated carbocycles. The van der Waals surface area contributed by atoms with Crippen molar-refractivity contribution in [3.8, 4) is 0 Å².